The summed E-state index contributed by atoms with van der Waals surface area (Å²) in [5, 5.41) is 16.7. The number of pyridine rings is 1. The Kier molecular flexibility index (Phi) is 5.42. The molecule has 0 spiro atoms. The zero-order valence-electron chi connectivity index (χ0n) is 16.6. The summed E-state index contributed by atoms with van der Waals surface area (Å²) in [5.41, 5.74) is 0.184. The van der Waals surface area contributed by atoms with Crippen LogP contribution in [0.1, 0.15) is 30.9 Å². The standard InChI is InChI=1S/C18H15ClF3N9O/c1-9(2)14-12(7-26-30-8-13(19)29-16(14)30)28-17(32)27-10-5-11(18(20,21)22)15(23-6-10)31-24-3-4-25-31/h3-9H,1-2H3,(H2,27,28,32). The van der Waals surface area contributed by atoms with Gasteiger partial charge in [0.2, 0.25) is 0 Å². The van der Waals surface area contributed by atoms with Crippen LogP contribution in [-0.4, -0.2) is 40.6 Å². The van der Waals surface area contributed by atoms with E-state index in [9.17, 15) is 18.0 Å². The Morgan fingerprint density at radius 1 is 1.12 bits per heavy atom. The Labute approximate surface area is 183 Å². The maximum atomic E-state index is 13.5. The number of carbonyl (C=O) groups excluding carboxylic acids is 1. The van der Waals surface area contributed by atoms with Crippen molar-refractivity contribution in [3.63, 3.8) is 0 Å². The molecule has 0 fully saturated rings. The fourth-order valence-electron chi connectivity index (χ4n) is 3.10. The number of hydrogen-bond acceptors (Lipinski definition) is 6. The third kappa shape index (κ3) is 4.19. The molecular weight excluding hydrogens is 451 g/mol. The van der Waals surface area contributed by atoms with Crippen molar-refractivity contribution in [1.29, 1.82) is 0 Å². The van der Waals surface area contributed by atoms with Gasteiger partial charge in [0.05, 0.1) is 42.4 Å². The minimum Gasteiger partial charge on any atom is -0.306 e. The van der Waals surface area contributed by atoms with E-state index in [1.54, 1.807) is 0 Å². The molecule has 4 aromatic rings. The highest BCUT2D eigenvalue weighted by Gasteiger charge is 2.36. The van der Waals surface area contributed by atoms with E-state index in [-0.39, 0.29) is 16.8 Å². The molecule has 0 atom stereocenters. The van der Waals surface area contributed by atoms with E-state index in [2.05, 4.69) is 35.9 Å². The second kappa shape index (κ2) is 8.07. The first-order chi connectivity index (χ1) is 15.1. The Balaban J connectivity index is 1.62. The van der Waals surface area contributed by atoms with Crippen molar-refractivity contribution >= 4 is 34.7 Å². The zero-order chi connectivity index (χ0) is 23.0. The first-order valence-corrected chi connectivity index (χ1v) is 9.57. The minimum absolute atomic E-state index is 0.0615. The van der Waals surface area contributed by atoms with Crippen molar-refractivity contribution in [3.8, 4) is 5.82 Å². The number of nitrogens with zero attached hydrogens (tertiary/aromatic N) is 7. The first kappa shape index (κ1) is 21.5. The van der Waals surface area contributed by atoms with E-state index in [4.69, 9.17) is 11.6 Å². The summed E-state index contributed by atoms with van der Waals surface area (Å²) in [6.07, 6.45) is 1.71. The molecule has 32 heavy (non-hydrogen) atoms. The second-order valence-electron chi connectivity index (χ2n) is 6.95. The van der Waals surface area contributed by atoms with E-state index in [0.717, 1.165) is 17.1 Å². The normalized spacial score (nSPS) is 11.8. The molecule has 0 unspecified atom stereocenters. The molecule has 10 nitrogen and oxygen atoms in total. The molecule has 0 radical (unpaired) electrons. The molecule has 0 bridgehead atoms. The summed E-state index contributed by atoms with van der Waals surface area (Å²) < 4.78 is 42.1. The highest BCUT2D eigenvalue weighted by atomic mass is 35.5. The van der Waals surface area contributed by atoms with Crippen LogP contribution in [0, 0.1) is 0 Å². The number of imidazole rings is 1. The van der Waals surface area contributed by atoms with Gasteiger partial charge in [-0.1, -0.05) is 25.4 Å². The number of anilines is 2. The number of hydrogen-bond donors (Lipinski definition) is 2. The Bertz CT molecular complexity index is 1290. The third-order valence-electron chi connectivity index (χ3n) is 4.36. The Morgan fingerprint density at radius 2 is 1.84 bits per heavy atom. The van der Waals surface area contributed by atoms with Gasteiger partial charge < -0.3 is 10.6 Å². The minimum atomic E-state index is -4.75. The molecule has 2 amide bonds. The molecule has 2 N–H and O–H groups in total. The maximum absolute atomic E-state index is 13.5. The molecule has 166 valence electrons. The Morgan fingerprint density at radius 3 is 2.50 bits per heavy atom. The lowest BCUT2D eigenvalue weighted by Gasteiger charge is -2.16. The Hall–Kier alpha value is -3.74. The number of rotatable bonds is 4. The summed E-state index contributed by atoms with van der Waals surface area (Å²) in [4.78, 5) is 21.3. The lowest BCUT2D eigenvalue weighted by molar-refractivity contribution is -0.137. The van der Waals surface area contributed by atoms with E-state index < -0.39 is 23.6 Å². The largest absolute Gasteiger partial charge is 0.420 e. The van der Waals surface area contributed by atoms with Crippen molar-refractivity contribution in [1.82, 2.24) is 34.6 Å². The third-order valence-corrected chi connectivity index (χ3v) is 4.55. The zero-order valence-corrected chi connectivity index (χ0v) is 17.3. The van der Waals surface area contributed by atoms with Gasteiger partial charge >= 0.3 is 12.2 Å². The number of amides is 2. The summed E-state index contributed by atoms with van der Waals surface area (Å²) in [6, 6.07) is -0.0274. The highest BCUT2D eigenvalue weighted by Crippen LogP contribution is 2.34. The van der Waals surface area contributed by atoms with Gasteiger partial charge in [0.25, 0.3) is 0 Å². The number of urea groups is 1. The van der Waals surface area contributed by atoms with Crippen molar-refractivity contribution in [2.24, 2.45) is 0 Å². The van der Waals surface area contributed by atoms with Gasteiger partial charge in [-0.25, -0.2) is 19.3 Å². The molecular formula is C18H15ClF3N9O. The van der Waals surface area contributed by atoms with Crippen LogP contribution >= 0.6 is 11.6 Å². The first-order valence-electron chi connectivity index (χ1n) is 9.19. The molecule has 0 saturated carbocycles. The molecule has 0 aromatic carbocycles. The van der Waals surface area contributed by atoms with Gasteiger partial charge in [-0.2, -0.15) is 28.5 Å². The van der Waals surface area contributed by atoms with E-state index in [0.29, 0.717) is 16.9 Å². The van der Waals surface area contributed by atoms with Crippen LogP contribution in [-0.2, 0) is 6.18 Å². The molecule has 4 aromatic heterocycles. The van der Waals surface area contributed by atoms with Gasteiger partial charge in [0.15, 0.2) is 11.5 Å². The highest BCUT2D eigenvalue weighted by molar-refractivity contribution is 6.29. The summed E-state index contributed by atoms with van der Waals surface area (Å²) in [6.45, 7) is 3.78. The van der Waals surface area contributed by atoms with Crippen LogP contribution in [0.4, 0.5) is 29.3 Å². The van der Waals surface area contributed by atoms with Gasteiger partial charge in [-0.15, -0.1) is 4.80 Å². The van der Waals surface area contributed by atoms with Gasteiger partial charge in [0.1, 0.15) is 10.7 Å². The number of alkyl halides is 3. The molecule has 0 aliphatic rings. The number of aromatic nitrogens is 7. The molecule has 0 saturated heterocycles. The summed E-state index contributed by atoms with van der Waals surface area (Å²) in [5.74, 6) is -0.574. The number of halogens is 4. The van der Waals surface area contributed by atoms with Crippen LogP contribution in [0.2, 0.25) is 5.15 Å². The number of nitrogens with one attached hydrogen (secondary N) is 2. The van der Waals surface area contributed by atoms with Gasteiger partial charge in [0, 0.05) is 5.56 Å². The molecule has 0 aliphatic carbocycles. The van der Waals surface area contributed by atoms with Crippen LogP contribution in [0.5, 0.6) is 0 Å². The van der Waals surface area contributed by atoms with E-state index in [1.165, 1.54) is 29.3 Å². The summed E-state index contributed by atoms with van der Waals surface area (Å²) >= 11 is 5.95. The average molecular weight is 466 g/mol. The predicted octanol–water partition coefficient (Wildman–Crippen LogP) is 4.14. The maximum Gasteiger partial charge on any atom is 0.420 e. The average Bonchev–Trinajstić information content (AvgIpc) is 3.35. The fraction of sp³-hybridized carbons (Fsp3) is 0.222. The van der Waals surface area contributed by atoms with Crippen molar-refractivity contribution in [3.05, 3.63) is 53.3 Å². The molecule has 0 aliphatic heterocycles. The van der Waals surface area contributed by atoms with Crippen LogP contribution in [0.3, 0.4) is 0 Å². The molecule has 4 rings (SSSR count). The van der Waals surface area contributed by atoms with Gasteiger partial charge in [-0.05, 0) is 12.0 Å². The van der Waals surface area contributed by atoms with Crippen molar-refractivity contribution < 1.29 is 18.0 Å². The van der Waals surface area contributed by atoms with Crippen molar-refractivity contribution in [2.75, 3.05) is 10.6 Å². The lowest BCUT2D eigenvalue weighted by atomic mass is 10.0. The van der Waals surface area contributed by atoms with Crippen molar-refractivity contribution in [2.45, 2.75) is 25.9 Å². The quantitative estimate of drug-likeness (QED) is 0.468. The number of fused-ring (bicyclic) bond motifs is 1. The van der Waals surface area contributed by atoms with Crippen LogP contribution in [0.25, 0.3) is 11.5 Å². The SMILES string of the molecule is CC(C)c1c(NC(=O)Nc2cnc(-n3nccn3)c(C(F)(F)F)c2)cnn2cc(Cl)nc12. The number of carbonyl (C=O) groups is 1. The smallest absolute Gasteiger partial charge is 0.306 e. The predicted molar refractivity (Wildman–Crippen MR) is 109 cm³/mol. The molecule has 14 heteroatoms. The molecule has 4 heterocycles. The second-order valence-corrected chi connectivity index (χ2v) is 7.34. The topological polar surface area (TPSA) is 115 Å². The fourth-order valence-corrected chi connectivity index (χ4v) is 3.27. The summed E-state index contributed by atoms with van der Waals surface area (Å²) in [7, 11) is 0. The van der Waals surface area contributed by atoms with Crippen LogP contribution in [0.15, 0.2) is 37.1 Å². The van der Waals surface area contributed by atoms with E-state index >= 15 is 0 Å². The van der Waals surface area contributed by atoms with E-state index in [1.807, 2.05) is 13.8 Å². The monoisotopic (exact) mass is 465 g/mol. The van der Waals surface area contributed by atoms with Gasteiger partial charge in [-0.3, -0.25) is 0 Å². The lowest BCUT2D eigenvalue weighted by Crippen LogP contribution is -2.22. The van der Waals surface area contributed by atoms with Crippen LogP contribution < -0.4 is 10.6 Å².